The van der Waals surface area contributed by atoms with Gasteiger partial charge in [0.15, 0.2) is 0 Å². The number of nitrogens with zero attached hydrogens (tertiary/aromatic N) is 3. The van der Waals surface area contributed by atoms with Crippen molar-refractivity contribution in [3.63, 3.8) is 0 Å². The third-order valence-corrected chi connectivity index (χ3v) is 8.65. The lowest BCUT2D eigenvalue weighted by Crippen LogP contribution is -2.41. The number of amides is 1. The van der Waals surface area contributed by atoms with Crippen LogP contribution in [0.5, 0.6) is 0 Å². The summed E-state index contributed by atoms with van der Waals surface area (Å²) < 4.78 is 29.8. The summed E-state index contributed by atoms with van der Waals surface area (Å²) in [6.45, 7) is 4.39. The molecule has 2 aromatic heterocycles. The van der Waals surface area contributed by atoms with E-state index in [1.54, 1.807) is 6.07 Å². The standard InChI is InChI=1S/C27H28N4O3S/c1-19-11-12-23(20(2)18-19)35(33,34)30-16-13-22(14-17-30)27(32)29-26-25(21-8-4-3-5-9-21)28-24-10-6-7-15-31(24)26/h3-12,15,18,22H,13-14,16-17H2,1-2H3,(H,29,32). The highest BCUT2D eigenvalue weighted by atomic mass is 32.2. The molecule has 1 aliphatic heterocycles. The number of carbonyl (C=O) groups excluding carboxylic acids is 1. The maximum absolute atomic E-state index is 13.3. The molecule has 1 aliphatic rings. The summed E-state index contributed by atoms with van der Waals surface area (Å²) in [4.78, 5) is 18.4. The molecule has 0 saturated carbocycles. The van der Waals surface area contributed by atoms with Crippen molar-refractivity contribution >= 4 is 27.4 Å². The molecule has 5 rings (SSSR count). The molecule has 7 nitrogen and oxygen atoms in total. The van der Waals surface area contributed by atoms with Gasteiger partial charge in [-0.25, -0.2) is 13.4 Å². The number of rotatable bonds is 5. The molecular weight excluding hydrogens is 460 g/mol. The molecule has 1 amide bonds. The van der Waals surface area contributed by atoms with Gasteiger partial charge in [-0.05, 0) is 50.5 Å². The van der Waals surface area contributed by atoms with Crippen LogP contribution < -0.4 is 5.32 Å². The van der Waals surface area contributed by atoms with Crippen LogP contribution in [0.4, 0.5) is 5.82 Å². The Morgan fingerprint density at radius 3 is 2.40 bits per heavy atom. The third-order valence-electron chi connectivity index (χ3n) is 6.59. The summed E-state index contributed by atoms with van der Waals surface area (Å²) in [5.41, 5.74) is 4.14. The number of piperidine rings is 1. The van der Waals surface area contributed by atoms with Gasteiger partial charge in [0.1, 0.15) is 17.2 Å². The van der Waals surface area contributed by atoms with Gasteiger partial charge in [0.05, 0.1) is 4.90 Å². The number of aryl methyl sites for hydroxylation is 2. The minimum Gasteiger partial charge on any atom is -0.310 e. The molecular formula is C27H28N4O3S. The Hall–Kier alpha value is -3.49. The smallest absolute Gasteiger partial charge is 0.243 e. The van der Waals surface area contributed by atoms with Crippen LogP contribution in [-0.4, -0.2) is 41.1 Å². The Labute approximate surface area is 205 Å². The van der Waals surface area contributed by atoms with Gasteiger partial charge < -0.3 is 5.32 Å². The number of pyridine rings is 1. The first-order valence-electron chi connectivity index (χ1n) is 11.8. The number of hydrogen-bond acceptors (Lipinski definition) is 4. The van der Waals surface area contributed by atoms with Crippen LogP contribution in [0.25, 0.3) is 16.9 Å². The second-order valence-electron chi connectivity index (χ2n) is 9.04. The van der Waals surface area contributed by atoms with Crippen LogP contribution in [-0.2, 0) is 14.8 Å². The number of anilines is 1. The van der Waals surface area contributed by atoms with E-state index in [9.17, 15) is 13.2 Å². The first-order chi connectivity index (χ1) is 16.8. The Morgan fingerprint density at radius 2 is 1.69 bits per heavy atom. The molecule has 0 unspecified atom stereocenters. The molecule has 1 N–H and O–H groups in total. The van der Waals surface area contributed by atoms with Crippen molar-refractivity contribution in [2.75, 3.05) is 18.4 Å². The van der Waals surface area contributed by atoms with Crippen molar-refractivity contribution in [3.05, 3.63) is 84.1 Å². The van der Waals surface area contributed by atoms with E-state index in [-0.39, 0.29) is 11.8 Å². The molecule has 1 saturated heterocycles. The fourth-order valence-corrected chi connectivity index (χ4v) is 6.39. The van der Waals surface area contributed by atoms with E-state index >= 15 is 0 Å². The summed E-state index contributed by atoms with van der Waals surface area (Å²) in [6.07, 6.45) is 2.81. The molecule has 0 aliphatic carbocycles. The maximum Gasteiger partial charge on any atom is 0.243 e. The third kappa shape index (κ3) is 4.47. The average molecular weight is 489 g/mol. The predicted molar refractivity (Wildman–Crippen MR) is 137 cm³/mol. The van der Waals surface area contributed by atoms with Crippen molar-refractivity contribution in [1.29, 1.82) is 0 Å². The molecule has 180 valence electrons. The van der Waals surface area contributed by atoms with Crippen LogP contribution in [0.2, 0.25) is 0 Å². The molecule has 0 bridgehead atoms. The van der Waals surface area contributed by atoms with Crippen molar-refractivity contribution < 1.29 is 13.2 Å². The molecule has 3 heterocycles. The van der Waals surface area contributed by atoms with Gasteiger partial charge in [-0.2, -0.15) is 4.31 Å². The van der Waals surface area contributed by atoms with Crippen LogP contribution in [0.1, 0.15) is 24.0 Å². The Morgan fingerprint density at radius 1 is 0.971 bits per heavy atom. The molecule has 1 fully saturated rings. The number of imidazole rings is 1. The second-order valence-corrected chi connectivity index (χ2v) is 10.9. The summed E-state index contributed by atoms with van der Waals surface area (Å²) >= 11 is 0. The Kier molecular flexibility index (Phi) is 6.17. The van der Waals surface area contributed by atoms with Crippen molar-refractivity contribution in [2.24, 2.45) is 5.92 Å². The highest BCUT2D eigenvalue weighted by molar-refractivity contribution is 7.89. The first-order valence-corrected chi connectivity index (χ1v) is 13.2. The van der Waals surface area contributed by atoms with E-state index in [0.29, 0.717) is 42.3 Å². The number of fused-ring (bicyclic) bond motifs is 1. The predicted octanol–water partition coefficient (Wildman–Crippen LogP) is 4.66. The highest BCUT2D eigenvalue weighted by Crippen LogP contribution is 2.31. The van der Waals surface area contributed by atoms with Gasteiger partial charge in [0, 0.05) is 30.8 Å². The van der Waals surface area contributed by atoms with Gasteiger partial charge in [0.2, 0.25) is 15.9 Å². The number of carbonyl (C=O) groups is 1. The van der Waals surface area contributed by atoms with E-state index in [0.717, 1.165) is 22.3 Å². The van der Waals surface area contributed by atoms with Crippen LogP contribution in [0.15, 0.2) is 77.8 Å². The molecule has 0 spiro atoms. The largest absolute Gasteiger partial charge is 0.310 e. The van der Waals surface area contributed by atoms with Crippen LogP contribution in [0, 0.1) is 19.8 Å². The van der Waals surface area contributed by atoms with Crippen molar-refractivity contribution in [2.45, 2.75) is 31.6 Å². The zero-order valence-corrected chi connectivity index (χ0v) is 20.6. The van der Waals surface area contributed by atoms with E-state index in [1.165, 1.54) is 4.31 Å². The van der Waals surface area contributed by atoms with E-state index < -0.39 is 10.0 Å². The molecule has 2 aromatic carbocycles. The van der Waals surface area contributed by atoms with Crippen LogP contribution >= 0.6 is 0 Å². The normalized spacial score (nSPS) is 15.4. The maximum atomic E-state index is 13.3. The lowest BCUT2D eigenvalue weighted by molar-refractivity contribution is -0.120. The number of nitrogens with one attached hydrogen (secondary N) is 1. The fraction of sp³-hybridized carbons (Fsp3) is 0.259. The van der Waals surface area contributed by atoms with Gasteiger partial charge >= 0.3 is 0 Å². The van der Waals surface area contributed by atoms with Gasteiger partial charge in [-0.1, -0.05) is 54.1 Å². The van der Waals surface area contributed by atoms with Crippen LogP contribution in [0.3, 0.4) is 0 Å². The number of aromatic nitrogens is 2. The number of sulfonamides is 1. The molecule has 8 heteroatoms. The molecule has 0 radical (unpaired) electrons. The van der Waals surface area contributed by atoms with Crippen molar-refractivity contribution in [3.8, 4) is 11.3 Å². The average Bonchev–Trinajstić information content (AvgIpc) is 3.23. The SMILES string of the molecule is Cc1ccc(S(=O)(=O)N2CCC(C(=O)Nc3c(-c4ccccc4)nc4ccccn34)CC2)c(C)c1. The number of benzene rings is 2. The summed E-state index contributed by atoms with van der Waals surface area (Å²) in [5, 5.41) is 3.10. The molecule has 4 aromatic rings. The summed E-state index contributed by atoms with van der Waals surface area (Å²) in [5.74, 6) is 0.233. The lowest BCUT2D eigenvalue weighted by Gasteiger charge is -2.31. The van der Waals surface area contributed by atoms with E-state index in [4.69, 9.17) is 4.98 Å². The van der Waals surface area contributed by atoms with Crippen molar-refractivity contribution in [1.82, 2.24) is 13.7 Å². The quantitative estimate of drug-likeness (QED) is 0.443. The first kappa shape index (κ1) is 23.3. The van der Waals surface area contributed by atoms with Gasteiger partial charge in [-0.15, -0.1) is 0 Å². The number of hydrogen-bond donors (Lipinski definition) is 1. The highest BCUT2D eigenvalue weighted by Gasteiger charge is 2.33. The fourth-order valence-electron chi connectivity index (χ4n) is 4.72. The summed E-state index contributed by atoms with van der Waals surface area (Å²) in [7, 11) is -3.59. The van der Waals surface area contributed by atoms with E-state index in [2.05, 4.69) is 5.32 Å². The Bertz CT molecular complexity index is 1490. The van der Waals surface area contributed by atoms with Gasteiger partial charge in [-0.3, -0.25) is 9.20 Å². The molecule has 35 heavy (non-hydrogen) atoms. The Balaban J connectivity index is 1.34. The second kappa shape index (κ2) is 9.28. The minimum absolute atomic E-state index is 0.114. The minimum atomic E-state index is -3.59. The van der Waals surface area contributed by atoms with Gasteiger partial charge in [0.25, 0.3) is 0 Å². The lowest BCUT2D eigenvalue weighted by atomic mass is 9.97. The molecule has 0 atom stereocenters. The zero-order valence-electron chi connectivity index (χ0n) is 19.8. The summed E-state index contributed by atoms with van der Waals surface area (Å²) in [6, 6.07) is 20.8. The topological polar surface area (TPSA) is 83.8 Å². The monoisotopic (exact) mass is 488 g/mol. The zero-order chi connectivity index (χ0) is 24.6. The van der Waals surface area contributed by atoms with E-state index in [1.807, 2.05) is 85.1 Å².